The number of benzene rings is 2. The number of aromatic nitrogens is 1. The van der Waals surface area contributed by atoms with Gasteiger partial charge in [0.05, 0.1) is 29.6 Å². The monoisotopic (exact) mass is 486 g/mol. The number of allylic oxidation sites excluding steroid dienone is 1. The molecule has 1 amide bonds. The fourth-order valence-electron chi connectivity index (χ4n) is 4.32. The molecule has 2 heterocycles. The zero-order valence-corrected chi connectivity index (χ0v) is 19.7. The molecular weight excluding hydrogens is 464 g/mol. The first-order valence-corrected chi connectivity index (χ1v) is 11.8. The Morgan fingerprint density at radius 2 is 1.89 bits per heavy atom. The van der Waals surface area contributed by atoms with Crippen molar-refractivity contribution in [2.45, 2.75) is 25.8 Å². The van der Waals surface area contributed by atoms with Crippen molar-refractivity contribution in [2.24, 2.45) is 0 Å². The number of para-hydroxylation sites is 1. The van der Waals surface area contributed by atoms with Crippen molar-refractivity contribution in [1.29, 1.82) is 0 Å². The molecule has 0 radical (unpaired) electrons. The molecule has 0 saturated carbocycles. The van der Waals surface area contributed by atoms with Gasteiger partial charge in [-0.25, -0.2) is 9.78 Å². The van der Waals surface area contributed by atoms with E-state index in [1.165, 1.54) is 6.26 Å². The smallest absolute Gasteiger partial charge is 0.339 e. The second-order valence-electron chi connectivity index (χ2n) is 8.34. The molecule has 1 aliphatic rings. The van der Waals surface area contributed by atoms with E-state index in [0.717, 1.165) is 40.6 Å². The minimum Gasteiger partial charge on any atom is -0.467 e. The Balaban J connectivity index is 1.44. The molecule has 0 saturated heterocycles. The van der Waals surface area contributed by atoms with Crippen LogP contribution in [0.3, 0.4) is 0 Å². The lowest BCUT2D eigenvalue weighted by atomic mass is 9.86. The van der Waals surface area contributed by atoms with Crippen molar-refractivity contribution < 1.29 is 18.7 Å². The summed E-state index contributed by atoms with van der Waals surface area (Å²) in [6, 6.07) is 18.6. The van der Waals surface area contributed by atoms with E-state index in [1.807, 2.05) is 48.5 Å². The van der Waals surface area contributed by atoms with Gasteiger partial charge in [0.2, 0.25) is 0 Å². The maximum atomic E-state index is 13.3. The van der Waals surface area contributed by atoms with Crippen molar-refractivity contribution in [2.75, 3.05) is 6.61 Å². The second kappa shape index (κ2) is 10.2. The van der Waals surface area contributed by atoms with Crippen molar-refractivity contribution in [1.82, 2.24) is 10.3 Å². The van der Waals surface area contributed by atoms with Crippen LogP contribution in [0.25, 0.3) is 22.6 Å². The largest absolute Gasteiger partial charge is 0.467 e. The third-order valence-electron chi connectivity index (χ3n) is 5.96. The summed E-state index contributed by atoms with van der Waals surface area (Å²) < 4.78 is 10.7. The van der Waals surface area contributed by atoms with E-state index >= 15 is 0 Å². The number of rotatable bonds is 6. The number of ether oxygens (including phenoxy) is 1. The number of nitrogens with one attached hydrogen (secondary N) is 1. The highest BCUT2D eigenvalue weighted by atomic mass is 35.5. The summed E-state index contributed by atoms with van der Waals surface area (Å²) in [5, 5.41) is 4.09. The van der Waals surface area contributed by atoms with Gasteiger partial charge in [-0.1, -0.05) is 41.9 Å². The van der Waals surface area contributed by atoms with Crippen LogP contribution in [0.4, 0.5) is 0 Å². The van der Waals surface area contributed by atoms with E-state index in [4.69, 9.17) is 25.7 Å². The van der Waals surface area contributed by atoms with E-state index in [2.05, 4.69) is 11.4 Å². The van der Waals surface area contributed by atoms with Gasteiger partial charge in [0, 0.05) is 10.4 Å². The van der Waals surface area contributed by atoms with Crippen LogP contribution in [0.15, 0.2) is 71.3 Å². The molecule has 0 fully saturated rings. The quantitative estimate of drug-likeness (QED) is 0.347. The van der Waals surface area contributed by atoms with Crippen LogP contribution in [-0.4, -0.2) is 23.5 Å². The van der Waals surface area contributed by atoms with Gasteiger partial charge in [-0.2, -0.15) is 0 Å². The van der Waals surface area contributed by atoms with Crippen molar-refractivity contribution in [3.8, 4) is 0 Å². The summed E-state index contributed by atoms with van der Waals surface area (Å²) in [6.45, 7) is -0.145. The van der Waals surface area contributed by atoms with Crippen LogP contribution in [-0.2, 0) is 22.5 Å². The average Bonchev–Trinajstić information content (AvgIpc) is 3.40. The maximum absolute atomic E-state index is 13.3. The van der Waals surface area contributed by atoms with E-state index in [-0.39, 0.29) is 13.2 Å². The number of amides is 1. The Morgan fingerprint density at radius 1 is 1.06 bits per heavy atom. The summed E-state index contributed by atoms with van der Waals surface area (Å²) in [6.07, 6.45) is 6.07. The predicted molar refractivity (Wildman–Crippen MR) is 135 cm³/mol. The maximum Gasteiger partial charge on any atom is 0.339 e. The molecule has 4 aromatic rings. The molecule has 0 atom stereocenters. The van der Waals surface area contributed by atoms with E-state index in [9.17, 15) is 9.59 Å². The third-order valence-corrected chi connectivity index (χ3v) is 6.21. The zero-order chi connectivity index (χ0) is 24.2. The Labute approximate surface area is 207 Å². The fourth-order valence-corrected chi connectivity index (χ4v) is 4.45. The van der Waals surface area contributed by atoms with Crippen molar-refractivity contribution in [3.05, 3.63) is 100 Å². The van der Waals surface area contributed by atoms with Crippen LogP contribution >= 0.6 is 11.6 Å². The van der Waals surface area contributed by atoms with Crippen LogP contribution in [0.5, 0.6) is 0 Å². The Hall–Kier alpha value is -3.90. The van der Waals surface area contributed by atoms with Gasteiger partial charge in [0.25, 0.3) is 5.91 Å². The van der Waals surface area contributed by atoms with E-state index < -0.39 is 11.9 Å². The molecule has 1 aliphatic carbocycles. The molecule has 6 nitrogen and oxygen atoms in total. The lowest BCUT2D eigenvalue weighted by Crippen LogP contribution is -2.28. The van der Waals surface area contributed by atoms with Gasteiger partial charge in [0.15, 0.2) is 6.61 Å². The van der Waals surface area contributed by atoms with Gasteiger partial charge >= 0.3 is 5.97 Å². The number of furan rings is 1. The lowest BCUT2D eigenvalue weighted by molar-refractivity contribution is -0.124. The molecule has 7 heteroatoms. The number of carbonyl (C=O) groups is 2. The number of nitrogens with zero attached hydrogens (tertiary/aromatic N) is 1. The molecule has 1 N–H and O–H groups in total. The Bertz CT molecular complexity index is 1410. The first kappa shape index (κ1) is 22.9. The number of halogens is 1. The van der Waals surface area contributed by atoms with E-state index in [1.54, 1.807) is 12.1 Å². The minimum atomic E-state index is -0.527. The number of hydrogen-bond acceptors (Lipinski definition) is 5. The van der Waals surface area contributed by atoms with Crippen LogP contribution in [0, 0.1) is 0 Å². The zero-order valence-electron chi connectivity index (χ0n) is 18.9. The number of esters is 1. The Kier molecular flexibility index (Phi) is 6.64. The van der Waals surface area contributed by atoms with Crippen LogP contribution < -0.4 is 5.32 Å². The first-order valence-electron chi connectivity index (χ1n) is 11.4. The summed E-state index contributed by atoms with van der Waals surface area (Å²) >= 11 is 6.04. The van der Waals surface area contributed by atoms with Crippen molar-refractivity contribution >= 4 is 46.0 Å². The molecule has 0 spiro atoms. The third kappa shape index (κ3) is 5.12. The standard InChI is InChI=1S/C28H23ClN2O4/c29-20-12-10-18(11-13-20)15-19-5-3-8-23-26(22-7-1-2-9-24(22)31-27(19)23)28(33)35-17-25(32)30-16-21-6-4-14-34-21/h1-2,4,6-7,9-15H,3,5,8,16-17H2,(H,30,32)/b19-15-. The summed E-state index contributed by atoms with van der Waals surface area (Å²) in [7, 11) is 0. The molecule has 35 heavy (non-hydrogen) atoms. The number of hydrogen-bond donors (Lipinski definition) is 1. The molecule has 2 aromatic carbocycles. The highest BCUT2D eigenvalue weighted by Gasteiger charge is 2.26. The lowest BCUT2D eigenvalue weighted by Gasteiger charge is -2.22. The van der Waals surface area contributed by atoms with Crippen LogP contribution in [0.2, 0.25) is 5.02 Å². The SMILES string of the molecule is O=C(COC(=O)c1c2c(nc3ccccc13)/C(=C\c1ccc(Cl)cc1)CCC2)NCc1ccco1. The molecular formula is C28H23ClN2O4. The summed E-state index contributed by atoms with van der Waals surface area (Å²) in [4.78, 5) is 30.4. The summed E-state index contributed by atoms with van der Waals surface area (Å²) in [5.74, 6) is -0.301. The Morgan fingerprint density at radius 3 is 2.69 bits per heavy atom. The molecule has 0 bridgehead atoms. The van der Waals surface area contributed by atoms with Gasteiger partial charge in [0.1, 0.15) is 5.76 Å². The predicted octanol–water partition coefficient (Wildman–Crippen LogP) is 5.83. The number of pyridine rings is 1. The second-order valence-corrected chi connectivity index (χ2v) is 8.77. The van der Waals surface area contributed by atoms with Gasteiger partial charge in [-0.15, -0.1) is 0 Å². The number of fused-ring (bicyclic) bond motifs is 2. The topological polar surface area (TPSA) is 81.4 Å². The summed E-state index contributed by atoms with van der Waals surface area (Å²) in [5.41, 5.74) is 4.93. The van der Waals surface area contributed by atoms with Crippen molar-refractivity contribution in [3.63, 3.8) is 0 Å². The van der Waals surface area contributed by atoms with Gasteiger partial charge in [-0.05, 0) is 72.4 Å². The van der Waals surface area contributed by atoms with Crippen LogP contribution in [0.1, 0.15) is 45.8 Å². The normalized spacial score (nSPS) is 14.0. The molecule has 176 valence electrons. The highest BCUT2D eigenvalue weighted by molar-refractivity contribution is 6.30. The van der Waals surface area contributed by atoms with E-state index in [0.29, 0.717) is 28.3 Å². The first-order chi connectivity index (χ1) is 17.1. The molecule has 0 aliphatic heterocycles. The number of carbonyl (C=O) groups excluding carboxylic acids is 2. The fraction of sp³-hybridized carbons (Fsp3) is 0.179. The minimum absolute atomic E-state index is 0.232. The van der Waals surface area contributed by atoms with Gasteiger partial charge < -0.3 is 14.5 Å². The van der Waals surface area contributed by atoms with Gasteiger partial charge in [-0.3, -0.25) is 4.79 Å². The molecule has 0 unspecified atom stereocenters. The molecule has 2 aromatic heterocycles. The molecule has 5 rings (SSSR count). The average molecular weight is 487 g/mol. The highest BCUT2D eigenvalue weighted by Crippen LogP contribution is 2.36.